The maximum Gasteiger partial charge on any atom is -0.0151 e. The Morgan fingerprint density at radius 3 is 1.86 bits per heavy atom. The zero-order valence-corrected chi connectivity index (χ0v) is 6.98. The lowest BCUT2D eigenvalue weighted by Crippen LogP contribution is -1.89. The minimum absolute atomic E-state index is 0.480. The molecule has 0 aliphatic carbocycles. The van der Waals surface area contributed by atoms with Crippen LogP contribution in [0.5, 0.6) is 0 Å². The van der Waals surface area contributed by atoms with Crippen molar-refractivity contribution in [2.45, 2.75) is 13.3 Å². The highest BCUT2D eigenvalue weighted by Gasteiger charge is 2.00. The number of thiol groups is 1. The van der Waals surface area contributed by atoms with E-state index in [4.69, 9.17) is 0 Å². The van der Waals surface area contributed by atoms with Crippen LogP contribution in [0, 0.1) is 0 Å². The molecule has 0 spiro atoms. The third-order valence-electron chi connectivity index (χ3n) is 0.704. The van der Waals surface area contributed by atoms with Crippen LogP contribution in [0.4, 0.5) is 0 Å². The van der Waals surface area contributed by atoms with Crippen molar-refractivity contribution in [2.24, 2.45) is 0 Å². The molecule has 0 saturated heterocycles. The van der Waals surface area contributed by atoms with Crippen molar-refractivity contribution in [1.82, 2.24) is 0 Å². The van der Waals surface area contributed by atoms with Crippen molar-refractivity contribution in [2.75, 3.05) is 18.3 Å². The molecule has 0 aliphatic heterocycles. The van der Waals surface area contributed by atoms with E-state index in [9.17, 15) is 0 Å². The lowest BCUT2D eigenvalue weighted by Gasteiger charge is -2.21. The van der Waals surface area contributed by atoms with Gasteiger partial charge in [0.2, 0.25) is 0 Å². The first-order chi connectivity index (χ1) is 3.06. The summed E-state index contributed by atoms with van der Waals surface area (Å²) < 4.78 is 0. The fourth-order valence-corrected chi connectivity index (χ4v) is 2.05. The van der Waals surface area contributed by atoms with Crippen molar-refractivity contribution >= 4 is 20.7 Å². The zero-order chi connectivity index (χ0) is 5.91. The molecule has 0 radical (unpaired) electrons. The molecule has 0 amide bonds. The second-order valence-electron chi connectivity index (χ2n) is 2.18. The molecule has 46 valence electrons. The van der Waals surface area contributed by atoms with Gasteiger partial charge in [0.05, 0.1) is 0 Å². The van der Waals surface area contributed by atoms with Crippen molar-refractivity contribution in [1.29, 1.82) is 0 Å². The van der Waals surface area contributed by atoms with Gasteiger partial charge < -0.3 is 0 Å². The summed E-state index contributed by atoms with van der Waals surface area (Å²) >= 11 is 4.42. The van der Waals surface area contributed by atoms with E-state index in [0.29, 0.717) is 0 Å². The molecular formula is C5H14S2. The minimum Gasteiger partial charge on any atom is -0.201 e. The fraction of sp³-hybridized carbons (Fsp3) is 1.00. The average molecular weight is 138 g/mol. The highest BCUT2D eigenvalue weighted by Crippen LogP contribution is 2.44. The summed E-state index contributed by atoms with van der Waals surface area (Å²) in [5.41, 5.74) is 0. The van der Waals surface area contributed by atoms with Gasteiger partial charge in [0, 0.05) is 0 Å². The van der Waals surface area contributed by atoms with Gasteiger partial charge in [-0.15, -0.1) is 11.7 Å². The fourth-order valence-electron chi connectivity index (χ4n) is 0.500. The average Bonchev–Trinajstić information content (AvgIpc) is 1.30. The molecule has 0 aromatic heterocycles. The lowest BCUT2D eigenvalue weighted by molar-refractivity contribution is 1.10. The van der Waals surface area contributed by atoms with Crippen LogP contribution >= 0.6 is 20.7 Å². The Hall–Kier alpha value is 0.700. The summed E-state index contributed by atoms with van der Waals surface area (Å²) in [7, 11) is -0.480. The minimum atomic E-state index is -0.480. The Bertz CT molecular complexity index is 44.5. The summed E-state index contributed by atoms with van der Waals surface area (Å²) in [5.74, 6) is 1.29. The predicted octanol–water partition coefficient (Wildman–Crippen LogP) is 2.31. The second kappa shape index (κ2) is 2.88. The monoisotopic (exact) mass is 138 g/mol. The molecule has 2 heteroatoms. The van der Waals surface area contributed by atoms with Crippen LogP contribution in [0.15, 0.2) is 0 Å². The third-order valence-corrected chi connectivity index (χ3v) is 2.66. The quantitative estimate of drug-likeness (QED) is 0.439. The Balaban J connectivity index is 3.15. The van der Waals surface area contributed by atoms with Gasteiger partial charge in [-0.2, -0.15) is 0 Å². The smallest absolute Gasteiger partial charge is 0.0151 e. The van der Waals surface area contributed by atoms with Crippen molar-refractivity contribution in [3.05, 3.63) is 0 Å². The summed E-state index contributed by atoms with van der Waals surface area (Å²) in [4.78, 5) is 0. The van der Waals surface area contributed by atoms with E-state index < -0.39 is 9.06 Å². The van der Waals surface area contributed by atoms with Crippen LogP contribution in [0.25, 0.3) is 0 Å². The topological polar surface area (TPSA) is 0 Å². The Morgan fingerprint density at radius 2 is 1.86 bits per heavy atom. The van der Waals surface area contributed by atoms with E-state index in [1.807, 2.05) is 0 Å². The molecule has 7 heavy (non-hydrogen) atoms. The molecule has 0 aliphatic rings. The van der Waals surface area contributed by atoms with Crippen molar-refractivity contribution in [3.63, 3.8) is 0 Å². The van der Waals surface area contributed by atoms with Crippen LogP contribution < -0.4 is 0 Å². The Kier molecular flexibility index (Phi) is 3.16. The normalized spacial score (nSPS) is 14.3. The van der Waals surface area contributed by atoms with E-state index in [1.165, 1.54) is 12.2 Å². The molecule has 0 nitrogen and oxygen atoms in total. The van der Waals surface area contributed by atoms with E-state index in [2.05, 4.69) is 31.1 Å². The predicted molar refractivity (Wildman–Crippen MR) is 43.6 cm³/mol. The summed E-state index contributed by atoms with van der Waals surface area (Å²) in [6.07, 6.45) is 5.71. The van der Waals surface area contributed by atoms with E-state index in [0.717, 1.165) is 0 Å². The van der Waals surface area contributed by atoms with Gasteiger partial charge in [0.1, 0.15) is 0 Å². The van der Waals surface area contributed by atoms with Gasteiger partial charge in [-0.3, -0.25) is 0 Å². The van der Waals surface area contributed by atoms with Crippen molar-refractivity contribution < 1.29 is 0 Å². The molecule has 0 aromatic carbocycles. The first kappa shape index (κ1) is 7.70. The maximum absolute atomic E-state index is 4.42. The van der Waals surface area contributed by atoms with Gasteiger partial charge in [0.25, 0.3) is 0 Å². The van der Waals surface area contributed by atoms with E-state index >= 15 is 0 Å². The highest BCUT2D eigenvalue weighted by atomic mass is 33.1. The zero-order valence-electron chi connectivity index (χ0n) is 5.27. The summed E-state index contributed by atoms with van der Waals surface area (Å²) in [5, 5.41) is 0. The Labute approximate surface area is 52.8 Å². The third kappa shape index (κ3) is 6.70. The van der Waals surface area contributed by atoms with Gasteiger partial charge in [0.15, 0.2) is 0 Å². The van der Waals surface area contributed by atoms with E-state index in [-0.39, 0.29) is 0 Å². The van der Waals surface area contributed by atoms with Gasteiger partial charge in [-0.25, -0.2) is 9.06 Å². The summed E-state index contributed by atoms with van der Waals surface area (Å²) in [6.45, 7) is 2.20. The molecule has 0 unspecified atom stereocenters. The first-order valence-corrected chi connectivity index (χ1v) is 6.17. The van der Waals surface area contributed by atoms with Crippen LogP contribution in [0.3, 0.4) is 0 Å². The van der Waals surface area contributed by atoms with Crippen molar-refractivity contribution in [3.8, 4) is 0 Å². The van der Waals surface area contributed by atoms with Gasteiger partial charge in [-0.05, 0) is 24.7 Å². The Morgan fingerprint density at radius 1 is 1.43 bits per heavy atom. The maximum atomic E-state index is 4.42. The standard InChI is InChI=1S/C5H14S2/c1-4-5-7(2,3)6/h6H,4-5H2,1-3H3. The largest absolute Gasteiger partial charge is 0.201 e. The van der Waals surface area contributed by atoms with Crippen LogP contribution in [-0.4, -0.2) is 18.3 Å². The van der Waals surface area contributed by atoms with Crippen LogP contribution in [0.1, 0.15) is 13.3 Å². The summed E-state index contributed by atoms with van der Waals surface area (Å²) in [6, 6.07) is 0. The lowest BCUT2D eigenvalue weighted by atomic mass is 10.6. The molecule has 0 N–H and O–H groups in total. The molecule has 0 atom stereocenters. The number of rotatable bonds is 2. The van der Waals surface area contributed by atoms with Crippen LogP contribution in [0.2, 0.25) is 0 Å². The van der Waals surface area contributed by atoms with Crippen LogP contribution in [-0.2, 0) is 0 Å². The molecular weight excluding hydrogens is 124 g/mol. The molecule has 0 fully saturated rings. The number of hydrogen-bond donors (Lipinski definition) is 1. The molecule has 0 heterocycles. The van der Waals surface area contributed by atoms with E-state index in [1.54, 1.807) is 0 Å². The molecule has 0 bridgehead atoms. The van der Waals surface area contributed by atoms with Gasteiger partial charge >= 0.3 is 0 Å². The van der Waals surface area contributed by atoms with Gasteiger partial charge in [-0.1, -0.05) is 6.92 Å². The molecule has 0 aromatic rings. The molecule has 0 saturated carbocycles. The highest BCUT2D eigenvalue weighted by molar-refractivity contribution is 8.87. The second-order valence-corrected chi connectivity index (χ2v) is 8.52. The molecule has 0 rings (SSSR count). The SMILES string of the molecule is CCCS(C)(C)S. The first-order valence-electron chi connectivity index (χ1n) is 2.49. The number of hydrogen-bond acceptors (Lipinski definition) is 1.